The number of alkyl halides is 3. The van der Waals surface area contributed by atoms with Crippen LogP contribution in [0, 0.1) is 0 Å². The number of aliphatic carboxylic acids is 1. The summed E-state index contributed by atoms with van der Waals surface area (Å²) < 4.78 is 44.8. The summed E-state index contributed by atoms with van der Waals surface area (Å²) in [4.78, 5) is 23.1. The number of halogens is 3. The van der Waals surface area contributed by atoms with Crippen LogP contribution >= 0.6 is 0 Å². The highest BCUT2D eigenvalue weighted by Gasteiger charge is 2.29. The smallest absolute Gasteiger partial charge is 0.416 e. The number of hydrogen-bond acceptors (Lipinski definition) is 3. The molecule has 172 valence electrons. The number of carbonyl (C=O) groups excluding carboxylic acids is 1. The number of ether oxygens (including phenoxy) is 1. The Hall–Kier alpha value is -4.01. The maximum Gasteiger partial charge on any atom is 0.416 e. The summed E-state index contributed by atoms with van der Waals surface area (Å²) in [5.74, 6) is -0.978. The molecule has 3 aromatic rings. The van der Waals surface area contributed by atoms with Gasteiger partial charge in [0.25, 0.3) is 5.91 Å². The van der Waals surface area contributed by atoms with Crippen molar-refractivity contribution in [3.8, 4) is 5.75 Å². The molecule has 1 aromatic heterocycles. The first-order valence-electron chi connectivity index (χ1n) is 9.93. The maximum absolute atomic E-state index is 12.7. The van der Waals surface area contributed by atoms with E-state index in [0.29, 0.717) is 23.6 Å². The summed E-state index contributed by atoms with van der Waals surface area (Å²) in [6, 6.07) is 14.9. The summed E-state index contributed by atoms with van der Waals surface area (Å²) >= 11 is 0. The molecular formula is C24H21F3N2O4. The van der Waals surface area contributed by atoms with Crippen LogP contribution in [0.15, 0.2) is 72.9 Å². The summed E-state index contributed by atoms with van der Waals surface area (Å²) in [7, 11) is 0. The number of carbonyl (C=O) groups is 2. The molecule has 1 heterocycles. The molecule has 0 aliphatic rings. The van der Waals surface area contributed by atoms with E-state index < -0.39 is 24.3 Å². The van der Waals surface area contributed by atoms with Gasteiger partial charge in [0.2, 0.25) is 0 Å². The van der Waals surface area contributed by atoms with Gasteiger partial charge in [-0.1, -0.05) is 36.4 Å². The molecule has 0 atom stereocenters. The highest BCUT2D eigenvalue weighted by atomic mass is 19.4. The van der Waals surface area contributed by atoms with Crippen LogP contribution in [-0.4, -0.2) is 28.2 Å². The zero-order valence-electron chi connectivity index (χ0n) is 17.4. The van der Waals surface area contributed by atoms with E-state index in [1.807, 2.05) is 18.2 Å². The fourth-order valence-corrected chi connectivity index (χ4v) is 3.02. The van der Waals surface area contributed by atoms with Crippen LogP contribution in [-0.2, 0) is 24.1 Å². The number of hydrogen-bond donors (Lipinski definition) is 2. The number of nitrogens with zero attached hydrogens (tertiary/aromatic N) is 1. The van der Waals surface area contributed by atoms with Crippen molar-refractivity contribution in [2.24, 2.45) is 0 Å². The lowest BCUT2D eigenvalue weighted by molar-refractivity contribution is -0.139. The summed E-state index contributed by atoms with van der Waals surface area (Å²) in [5.41, 5.74) is 1.03. The minimum atomic E-state index is -4.40. The fourth-order valence-electron chi connectivity index (χ4n) is 3.02. The van der Waals surface area contributed by atoms with E-state index in [9.17, 15) is 22.8 Å². The Kier molecular flexibility index (Phi) is 7.55. The average molecular weight is 458 g/mol. The minimum Gasteiger partial charge on any atom is -0.482 e. The van der Waals surface area contributed by atoms with Gasteiger partial charge >= 0.3 is 12.1 Å². The molecule has 0 saturated carbocycles. The van der Waals surface area contributed by atoms with Crippen molar-refractivity contribution in [3.63, 3.8) is 0 Å². The number of allylic oxidation sites excluding steroid dienone is 1. The van der Waals surface area contributed by atoms with Gasteiger partial charge in [0, 0.05) is 19.3 Å². The van der Waals surface area contributed by atoms with Crippen molar-refractivity contribution in [2.45, 2.75) is 19.3 Å². The van der Waals surface area contributed by atoms with Gasteiger partial charge in [0.15, 0.2) is 6.61 Å². The third-order valence-corrected chi connectivity index (χ3v) is 4.63. The highest BCUT2D eigenvalue weighted by Crippen LogP contribution is 2.29. The van der Waals surface area contributed by atoms with Crippen molar-refractivity contribution in [1.82, 2.24) is 9.88 Å². The molecule has 6 nitrogen and oxygen atoms in total. The number of amides is 1. The van der Waals surface area contributed by atoms with Gasteiger partial charge in [-0.3, -0.25) is 4.79 Å². The van der Waals surface area contributed by atoms with Crippen LogP contribution in [0.1, 0.15) is 27.2 Å². The van der Waals surface area contributed by atoms with Crippen LogP contribution in [0.25, 0.3) is 6.08 Å². The quantitative estimate of drug-likeness (QED) is 0.491. The van der Waals surface area contributed by atoms with Gasteiger partial charge in [-0.25, -0.2) is 4.79 Å². The second-order valence-electron chi connectivity index (χ2n) is 7.08. The third-order valence-electron chi connectivity index (χ3n) is 4.63. The van der Waals surface area contributed by atoms with Gasteiger partial charge in [-0.05, 0) is 47.5 Å². The molecule has 0 fully saturated rings. The minimum absolute atomic E-state index is 0.0983. The molecule has 0 bridgehead atoms. The van der Waals surface area contributed by atoms with E-state index in [0.717, 1.165) is 17.7 Å². The Labute approximate surface area is 187 Å². The maximum atomic E-state index is 12.7. The van der Waals surface area contributed by atoms with E-state index in [1.54, 1.807) is 41.1 Å². The van der Waals surface area contributed by atoms with Crippen molar-refractivity contribution >= 4 is 18.0 Å². The van der Waals surface area contributed by atoms with E-state index >= 15 is 0 Å². The Morgan fingerprint density at radius 1 is 1.06 bits per heavy atom. The number of benzene rings is 2. The first kappa shape index (κ1) is 23.6. The van der Waals surface area contributed by atoms with Gasteiger partial charge in [0.1, 0.15) is 11.4 Å². The second-order valence-corrected chi connectivity index (χ2v) is 7.08. The van der Waals surface area contributed by atoms with Gasteiger partial charge in [-0.2, -0.15) is 13.2 Å². The summed E-state index contributed by atoms with van der Waals surface area (Å²) in [6.45, 7) is 0.0683. The fraction of sp³-hybridized carbons (Fsp3) is 0.167. The van der Waals surface area contributed by atoms with Gasteiger partial charge in [-0.15, -0.1) is 0 Å². The van der Waals surface area contributed by atoms with E-state index in [2.05, 4.69) is 5.32 Å². The van der Waals surface area contributed by atoms with Crippen molar-refractivity contribution in [3.05, 3.63) is 95.3 Å². The largest absolute Gasteiger partial charge is 0.482 e. The summed E-state index contributed by atoms with van der Waals surface area (Å²) in [5, 5.41) is 11.4. The number of carboxylic acids is 1. The monoisotopic (exact) mass is 458 g/mol. The normalized spacial score (nSPS) is 11.5. The third kappa shape index (κ3) is 6.99. The molecule has 1 amide bonds. The Bertz CT molecular complexity index is 1140. The number of carboxylic acid groups (broad SMARTS) is 1. The summed E-state index contributed by atoms with van der Waals surface area (Å²) in [6.07, 6.45) is 0.993. The molecule has 0 aliphatic heterocycles. The standard InChI is InChI=1S/C24H21F3N2O4/c25-24(26,27)19-10-8-18(9-11-19)15-28-23(32)21-7-3-13-29(21)12-2-5-17-4-1-6-20(14-17)33-16-22(30)31/h1-11,13-14H,12,15-16H2,(H,28,32)(H,30,31). The first-order chi connectivity index (χ1) is 15.7. The van der Waals surface area contributed by atoms with Crippen LogP contribution in [0.4, 0.5) is 13.2 Å². The van der Waals surface area contributed by atoms with Crippen molar-refractivity contribution in [1.29, 1.82) is 0 Å². The molecule has 0 spiro atoms. The second kappa shape index (κ2) is 10.5. The molecule has 9 heteroatoms. The van der Waals surface area contributed by atoms with Gasteiger partial charge in [0.05, 0.1) is 5.56 Å². The van der Waals surface area contributed by atoms with E-state index in [4.69, 9.17) is 9.84 Å². The molecule has 0 unspecified atom stereocenters. The predicted molar refractivity (Wildman–Crippen MR) is 116 cm³/mol. The Morgan fingerprint density at radius 2 is 1.82 bits per heavy atom. The molecule has 0 aliphatic carbocycles. The van der Waals surface area contributed by atoms with Gasteiger partial charge < -0.3 is 19.7 Å². The molecule has 0 saturated heterocycles. The van der Waals surface area contributed by atoms with Crippen molar-refractivity contribution < 1.29 is 32.6 Å². The van der Waals surface area contributed by atoms with Crippen LogP contribution in [0.3, 0.4) is 0 Å². The zero-order valence-corrected chi connectivity index (χ0v) is 17.4. The van der Waals surface area contributed by atoms with Crippen LogP contribution < -0.4 is 10.1 Å². The molecule has 3 rings (SSSR count). The molecule has 33 heavy (non-hydrogen) atoms. The number of nitrogens with one attached hydrogen (secondary N) is 1. The van der Waals surface area contributed by atoms with Crippen molar-refractivity contribution in [2.75, 3.05) is 6.61 Å². The number of aromatic nitrogens is 1. The lowest BCUT2D eigenvalue weighted by atomic mass is 10.1. The Morgan fingerprint density at radius 3 is 2.52 bits per heavy atom. The molecule has 2 N–H and O–H groups in total. The van der Waals surface area contributed by atoms with E-state index in [-0.39, 0.29) is 12.5 Å². The Balaban J connectivity index is 1.56. The van der Waals surface area contributed by atoms with E-state index in [1.165, 1.54) is 12.1 Å². The topological polar surface area (TPSA) is 80.6 Å². The lowest BCUT2D eigenvalue weighted by Gasteiger charge is -2.10. The average Bonchev–Trinajstić information content (AvgIpc) is 3.25. The highest BCUT2D eigenvalue weighted by molar-refractivity contribution is 5.92. The first-order valence-corrected chi connectivity index (χ1v) is 9.93. The lowest BCUT2D eigenvalue weighted by Crippen LogP contribution is -2.25. The zero-order chi connectivity index (χ0) is 23.8. The van der Waals surface area contributed by atoms with Crippen LogP contribution in [0.2, 0.25) is 0 Å². The molecule has 2 aromatic carbocycles. The SMILES string of the molecule is O=C(O)COc1cccc(C=CCn2cccc2C(=O)NCc2ccc(C(F)(F)F)cc2)c1. The van der Waals surface area contributed by atoms with Crippen LogP contribution in [0.5, 0.6) is 5.75 Å². The number of rotatable bonds is 9. The molecular weight excluding hydrogens is 437 g/mol. The predicted octanol–water partition coefficient (Wildman–Crippen LogP) is 4.61. The molecule has 0 radical (unpaired) electrons.